The van der Waals surface area contributed by atoms with E-state index in [1.807, 2.05) is 12.1 Å². The van der Waals surface area contributed by atoms with Gasteiger partial charge in [-0.05, 0) is 31.0 Å². The predicted molar refractivity (Wildman–Crippen MR) is 87.9 cm³/mol. The average Bonchev–Trinajstić information content (AvgIpc) is 2.76. The molecule has 0 aromatic heterocycles. The molecule has 3 rings (SSSR count). The third-order valence-electron chi connectivity index (χ3n) is 3.97. The van der Waals surface area contributed by atoms with E-state index in [1.54, 1.807) is 26.4 Å². The van der Waals surface area contributed by atoms with Crippen LogP contribution in [0.4, 0.5) is 11.4 Å². The highest BCUT2D eigenvalue weighted by Gasteiger charge is 2.33. The van der Waals surface area contributed by atoms with E-state index >= 15 is 0 Å². The molecule has 0 saturated carbocycles. The Morgan fingerprint density at radius 2 is 1.76 bits per heavy atom. The summed E-state index contributed by atoms with van der Waals surface area (Å²) in [6.45, 7) is 1.77. The van der Waals surface area contributed by atoms with E-state index in [9.17, 15) is 8.42 Å². The maximum atomic E-state index is 13.0. The van der Waals surface area contributed by atoms with Gasteiger partial charge in [0.1, 0.15) is 0 Å². The van der Waals surface area contributed by atoms with Gasteiger partial charge in [-0.2, -0.15) is 12.7 Å². The van der Waals surface area contributed by atoms with Crippen LogP contribution in [0.2, 0.25) is 0 Å². The van der Waals surface area contributed by atoms with Gasteiger partial charge in [0.05, 0.1) is 5.69 Å². The Morgan fingerprint density at radius 1 is 1.05 bits per heavy atom. The van der Waals surface area contributed by atoms with Gasteiger partial charge < -0.3 is 5.73 Å². The van der Waals surface area contributed by atoms with Gasteiger partial charge in [0.2, 0.25) is 0 Å². The molecule has 0 bridgehead atoms. The molecule has 21 heavy (non-hydrogen) atoms. The number of fused-ring (bicyclic) bond motifs is 1. The fraction of sp³-hybridized carbons (Fsp3) is 0.571. The molecule has 2 N–H and O–H groups in total. The summed E-state index contributed by atoms with van der Waals surface area (Å²) in [5.41, 5.74) is 7.18. The van der Waals surface area contributed by atoms with Crippen LogP contribution in [0.15, 0.2) is 23.1 Å². The number of benzene rings is 1. The Labute approximate surface area is 130 Å². The van der Waals surface area contributed by atoms with Crippen LogP contribution in [0.1, 0.15) is 25.7 Å². The molecule has 0 unspecified atom stereocenters. The van der Waals surface area contributed by atoms with E-state index in [0.29, 0.717) is 25.3 Å². The van der Waals surface area contributed by atoms with Crippen molar-refractivity contribution in [2.24, 2.45) is 0 Å². The summed E-state index contributed by atoms with van der Waals surface area (Å²) in [6, 6.07) is 5.52. The van der Waals surface area contributed by atoms with Crippen molar-refractivity contribution >= 4 is 33.3 Å². The SMILES string of the molecule is Nc1ccc2c(c1)N(S(=O)(=O)N1CCCCCC1)CCS2. The van der Waals surface area contributed by atoms with E-state index in [2.05, 4.69) is 0 Å². The number of rotatable bonds is 2. The van der Waals surface area contributed by atoms with Crippen molar-refractivity contribution < 1.29 is 8.42 Å². The topological polar surface area (TPSA) is 66.6 Å². The molecule has 5 nitrogen and oxygen atoms in total. The molecule has 7 heteroatoms. The van der Waals surface area contributed by atoms with Crippen LogP contribution in [-0.4, -0.2) is 38.1 Å². The molecule has 0 amide bonds. The molecule has 1 aromatic rings. The van der Waals surface area contributed by atoms with Crippen molar-refractivity contribution in [1.82, 2.24) is 4.31 Å². The van der Waals surface area contributed by atoms with Gasteiger partial charge in [-0.15, -0.1) is 11.8 Å². The largest absolute Gasteiger partial charge is 0.399 e. The number of nitrogen functional groups attached to an aromatic ring is 1. The van der Waals surface area contributed by atoms with Gasteiger partial charge in [0.15, 0.2) is 0 Å². The van der Waals surface area contributed by atoms with Crippen LogP contribution in [-0.2, 0) is 10.2 Å². The summed E-state index contributed by atoms with van der Waals surface area (Å²) in [7, 11) is -3.44. The number of nitrogens with two attached hydrogens (primary N) is 1. The second kappa shape index (κ2) is 6.06. The van der Waals surface area contributed by atoms with E-state index in [-0.39, 0.29) is 0 Å². The van der Waals surface area contributed by atoms with Gasteiger partial charge in [-0.1, -0.05) is 12.8 Å². The zero-order valence-electron chi connectivity index (χ0n) is 12.0. The van der Waals surface area contributed by atoms with Crippen molar-refractivity contribution in [1.29, 1.82) is 0 Å². The summed E-state index contributed by atoms with van der Waals surface area (Å²) < 4.78 is 29.1. The first-order chi connectivity index (χ1) is 10.1. The van der Waals surface area contributed by atoms with Crippen LogP contribution in [0.3, 0.4) is 0 Å². The smallest absolute Gasteiger partial charge is 0.304 e. The number of nitrogens with zero attached hydrogens (tertiary/aromatic N) is 2. The lowest BCUT2D eigenvalue weighted by Gasteiger charge is -2.34. The maximum Gasteiger partial charge on any atom is 0.304 e. The summed E-state index contributed by atoms with van der Waals surface area (Å²) in [4.78, 5) is 0.994. The second-order valence-corrected chi connectivity index (χ2v) is 8.46. The molecule has 2 aliphatic rings. The molecule has 1 saturated heterocycles. The number of thioether (sulfide) groups is 1. The normalized spacial score (nSPS) is 20.9. The second-order valence-electron chi connectivity index (χ2n) is 5.47. The van der Waals surface area contributed by atoms with E-state index in [4.69, 9.17) is 5.73 Å². The predicted octanol–water partition coefficient (Wildman–Crippen LogP) is 2.30. The monoisotopic (exact) mass is 327 g/mol. The van der Waals surface area contributed by atoms with Crippen LogP contribution >= 0.6 is 11.8 Å². The minimum absolute atomic E-state index is 0.514. The Morgan fingerprint density at radius 3 is 2.48 bits per heavy atom. The molecule has 0 aliphatic carbocycles. The zero-order chi connectivity index (χ0) is 14.9. The average molecular weight is 327 g/mol. The summed E-state index contributed by atoms with van der Waals surface area (Å²) in [5.74, 6) is 0.782. The molecule has 2 heterocycles. The first-order valence-corrected chi connectivity index (χ1v) is 9.77. The molecule has 2 aliphatic heterocycles. The van der Waals surface area contributed by atoms with Gasteiger partial charge in [0.25, 0.3) is 0 Å². The Balaban J connectivity index is 1.94. The van der Waals surface area contributed by atoms with Gasteiger partial charge >= 0.3 is 10.2 Å². The standard InChI is InChI=1S/C14H21N3O2S2/c15-12-5-6-14-13(11-12)17(9-10-20-14)21(18,19)16-7-3-1-2-4-8-16/h5-6,11H,1-4,7-10,15H2. The lowest BCUT2D eigenvalue weighted by molar-refractivity contribution is 0.421. The number of hydrogen-bond donors (Lipinski definition) is 1. The molecule has 116 valence electrons. The fourth-order valence-electron chi connectivity index (χ4n) is 2.86. The van der Waals surface area contributed by atoms with Crippen molar-refractivity contribution in [3.63, 3.8) is 0 Å². The fourth-order valence-corrected chi connectivity index (χ4v) is 5.73. The van der Waals surface area contributed by atoms with Crippen molar-refractivity contribution in [3.8, 4) is 0 Å². The van der Waals surface area contributed by atoms with Crippen molar-refractivity contribution in [3.05, 3.63) is 18.2 Å². The maximum absolute atomic E-state index is 13.0. The van der Waals surface area contributed by atoms with Crippen LogP contribution < -0.4 is 10.0 Å². The zero-order valence-corrected chi connectivity index (χ0v) is 13.6. The summed E-state index contributed by atoms with van der Waals surface area (Å²) >= 11 is 1.69. The lowest BCUT2D eigenvalue weighted by atomic mass is 10.2. The molecular formula is C14H21N3O2S2. The Bertz CT molecular complexity index is 611. The lowest BCUT2D eigenvalue weighted by Crippen LogP contribution is -2.46. The van der Waals surface area contributed by atoms with Crippen molar-refractivity contribution in [2.75, 3.05) is 35.4 Å². The van der Waals surface area contributed by atoms with Crippen LogP contribution in [0.25, 0.3) is 0 Å². The Kier molecular flexibility index (Phi) is 4.33. The third kappa shape index (κ3) is 3.00. The number of anilines is 2. The van der Waals surface area contributed by atoms with Crippen LogP contribution in [0, 0.1) is 0 Å². The molecule has 0 radical (unpaired) electrons. The highest BCUT2D eigenvalue weighted by molar-refractivity contribution is 7.99. The van der Waals surface area contributed by atoms with Crippen molar-refractivity contribution in [2.45, 2.75) is 30.6 Å². The molecular weight excluding hydrogens is 306 g/mol. The first-order valence-electron chi connectivity index (χ1n) is 7.39. The highest BCUT2D eigenvalue weighted by Crippen LogP contribution is 2.38. The molecule has 0 atom stereocenters. The van der Waals surface area contributed by atoms with E-state index in [0.717, 1.165) is 42.0 Å². The third-order valence-corrected chi connectivity index (χ3v) is 6.97. The molecule has 0 spiro atoms. The summed E-state index contributed by atoms with van der Waals surface area (Å²) in [6.07, 6.45) is 4.13. The summed E-state index contributed by atoms with van der Waals surface area (Å²) in [5, 5.41) is 0. The Hall–Kier alpha value is -0.920. The minimum Gasteiger partial charge on any atom is -0.399 e. The quantitative estimate of drug-likeness (QED) is 0.847. The van der Waals surface area contributed by atoms with Gasteiger partial charge in [0, 0.05) is 36.0 Å². The number of hydrogen-bond acceptors (Lipinski definition) is 4. The molecule has 1 aromatic carbocycles. The minimum atomic E-state index is -3.44. The van der Waals surface area contributed by atoms with E-state index < -0.39 is 10.2 Å². The highest BCUT2D eigenvalue weighted by atomic mass is 32.2. The van der Waals surface area contributed by atoms with E-state index in [1.165, 1.54) is 0 Å². The van der Waals surface area contributed by atoms with Gasteiger partial charge in [-0.25, -0.2) is 0 Å². The molecule has 1 fully saturated rings. The van der Waals surface area contributed by atoms with Gasteiger partial charge in [-0.3, -0.25) is 4.31 Å². The first kappa shape index (κ1) is 15.0. The van der Waals surface area contributed by atoms with Crippen LogP contribution in [0.5, 0.6) is 0 Å².